The molecule has 0 unspecified atom stereocenters. The number of carbonyl (C=O) groups is 2. The van der Waals surface area contributed by atoms with E-state index in [1.54, 1.807) is 35.1 Å². The van der Waals surface area contributed by atoms with E-state index in [-0.39, 0.29) is 11.7 Å². The number of benzene rings is 1. The number of hydrogen-bond donors (Lipinski definition) is 0. The van der Waals surface area contributed by atoms with Gasteiger partial charge in [-0.15, -0.1) is 0 Å². The predicted octanol–water partition coefficient (Wildman–Crippen LogP) is 4.88. The van der Waals surface area contributed by atoms with Crippen molar-refractivity contribution < 1.29 is 23.8 Å². The summed E-state index contributed by atoms with van der Waals surface area (Å²) in [6.07, 6.45) is 4.16. The first-order valence-electron chi connectivity index (χ1n) is 10.4. The highest BCUT2D eigenvalue weighted by atomic mass is 35.5. The number of amides is 2. The van der Waals surface area contributed by atoms with Crippen molar-refractivity contribution in [1.82, 2.24) is 9.80 Å². The summed E-state index contributed by atoms with van der Waals surface area (Å²) in [6.45, 7) is 10.3. The molecule has 2 aliphatic rings. The summed E-state index contributed by atoms with van der Waals surface area (Å²) in [5.74, 6) is 0.717. The second kappa shape index (κ2) is 14.4. The SMILES string of the molecule is CC(C)(C)OC(=O)N1CCCCC1.COc1ccc(Cl)c(Cl)c1.O=CN1CCOCC1. The van der Waals surface area contributed by atoms with Crippen LogP contribution < -0.4 is 4.74 Å². The van der Waals surface area contributed by atoms with Gasteiger partial charge in [-0.05, 0) is 52.2 Å². The molecule has 31 heavy (non-hydrogen) atoms. The quantitative estimate of drug-likeness (QED) is 0.568. The molecule has 0 radical (unpaired) electrons. The average molecular weight is 477 g/mol. The molecule has 0 aliphatic carbocycles. The minimum atomic E-state index is -0.367. The molecule has 1 aromatic rings. The Morgan fingerprint density at radius 2 is 1.65 bits per heavy atom. The van der Waals surface area contributed by atoms with E-state index < -0.39 is 0 Å². The molecule has 7 nitrogen and oxygen atoms in total. The Morgan fingerprint density at radius 3 is 2.10 bits per heavy atom. The van der Waals surface area contributed by atoms with Crippen molar-refractivity contribution in [2.75, 3.05) is 46.5 Å². The van der Waals surface area contributed by atoms with Crippen LogP contribution in [0.25, 0.3) is 0 Å². The van der Waals surface area contributed by atoms with Crippen LogP contribution in [0, 0.1) is 0 Å². The topological polar surface area (TPSA) is 68.3 Å². The van der Waals surface area contributed by atoms with Crippen LogP contribution in [0.4, 0.5) is 4.79 Å². The summed E-state index contributed by atoms with van der Waals surface area (Å²) in [5, 5.41) is 1.06. The minimum absolute atomic E-state index is 0.160. The van der Waals surface area contributed by atoms with Crippen LogP contribution in [0.1, 0.15) is 40.0 Å². The maximum absolute atomic E-state index is 11.5. The van der Waals surface area contributed by atoms with Gasteiger partial charge in [-0.1, -0.05) is 23.2 Å². The summed E-state index contributed by atoms with van der Waals surface area (Å²) in [5.41, 5.74) is -0.367. The van der Waals surface area contributed by atoms with E-state index in [1.807, 2.05) is 20.8 Å². The van der Waals surface area contributed by atoms with E-state index in [4.69, 9.17) is 37.4 Å². The van der Waals surface area contributed by atoms with E-state index >= 15 is 0 Å². The zero-order chi connectivity index (χ0) is 23.3. The first-order valence-corrected chi connectivity index (χ1v) is 11.2. The van der Waals surface area contributed by atoms with Gasteiger partial charge in [0.25, 0.3) is 0 Å². The van der Waals surface area contributed by atoms with Gasteiger partial charge in [0, 0.05) is 32.2 Å². The maximum atomic E-state index is 11.5. The minimum Gasteiger partial charge on any atom is -0.497 e. The largest absolute Gasteiger partial charge is 0.497 e. The zero-order valence-electron chi connectivity index (χ0n) is 18.9. The molecule has 176 valence electrons. The second-order valence-corrected chi connectivity index (χ2v) is 8.88. The molecule has 9 heteroatoms. The number of rotatable bonds is 2. The first kappa shape index (κ1) is 27.3. The third-order valence-electron chi connectivity index (χ3n) is 4.33. The fraction of sp³-hybridized carbons (Fsp3) is 0.636. The summed E-state index contributed by atoms with van der Waals surface area (Å²) in [6, 6.07) is 5.13. The summed E-state index contributed by atoms with van der Waals surface area (Å²) >= 11 is 11.3. The monoisotopic (exact) mass is 476 g/mol. The molecule has 0 aromatic heterocycles. The Labute approximate surface area is 195 Å². The number of carbonyl (C=O) groups excluding carboxylic acids is 2. The van der Waals surface area contributed by atoms with Gasteiger partial charge in [0.1, 0.15) is 11.4 Å². The highest BCUT2D eigenvalue weighted by molar-refractivity contribution is 6.42. The molecule has 2 aliphatic heterocycles. The van der Waals surface area contributed by atoms with Crippen molar-refractivity contribution in [3.8, 4) is 5.75 Å². The van der Waals surface area contributed by atoms with Crippen LogP contribution >= 0.6 is 23.2 Å². The van der Waals surface area contributed by atoms with Gasteiger partial charge in [0.05, 0.1) is 30.4 Å². The van der Waals surface area contributed by atoms with E-state index in [1.165, 1.54) is 6.42 Å². The van der Waals surface area contributed by atoms with Crippen LogP contribution in [0.5, 0.6) is 5.75 Å². The molecule has 2 saturated heterocycles. The van der Waals surface area contributed by atoms with Gasteiger partial charge in [0.15, 0.2) is 0 Å². The Kier molecular flexibility index (Phi) is 12.7. The standard InChI is InChI=1S/C10H19NO2.C7H6Cl2O.C5H9NO2/c1-10(2,3)13-9(12)11-7-5-4-6-8-11;1-10-5-2-3-6(8)7(9)4-5;7-5-6-1-3-8-4-2-6/h4-8H2,1-3H3;2-4H,1H3;5H,1-4H2. The van der Waals surface area contributed by atoms with E-state index in [0.717, 1.165) is 51.2 Å². The Hall–Kier alpha value is -1.70. The third kappa shape index (κ3) is 12.1. The van der Waals surface area contributed by atoms with E-state index in [0.29, 0.717) is 23.3 Å². The Morgan fingerprint density at radius 1 is 1.03 bits per heavy atom. The Balaban J connectivity index is 0.000000240. The number of ether oxygens (including phenoxy) is 3. The van der Waals surface area contributed by atoms with E-state index in [2.05, 4.69) is 0 Å². The van der Waals surface area contributed by atoms with Crippen LogP contribution in [0.15, 0.2) is 18.2 Å². The number of methoxy groups -OCH3 is 1. The molecule has 0 bridgehead atoms. The van der Waals surface area contributed by atoms with Gasteiger partial charge in [-0.25, -0.2) is 4.79 Å². The highest BCUT2D eigenvalue weighted by Crippen LogP contribution is 2.25. The predicted molar refractivity (Wildman–Crippen MR) is 123 cm³/mol. The highest BCUT2D eigenvalue weighted by Gasteiger charge is 2.22. The lowest BCUT2D eigenvalue weighted by molar-refractivity contribution is -0.121. The van der Waals surface area contributed by atoms with Gasteiger partial charge in [-0.2, -0.15) is 0 Å². The molecular weight excluding hydrogens is 443 g/mol. The van der Waals surface area contributed by atoms with Gasteiger partial charge in [-0.3, -0.25) is 4.79 Å². The lowest BCUT2D eigenvalue weighted by atomic mass is 10.1. The second-order valence-electron chi connectivity index (χ2n) is 8.06. The lowest BCUT2D eigenvalue weighted by Gasteiger charge is -2.29. The molecule has 2 heterocycles. The summed E-state index contributed by atoms with van der Waals surface area (Å²) in [7, 11) is 1.58. The number of hydrogen-bond acceptors (Lipinski definition) is 5. The fourth-order valence-electron chi connectivity index (χ4n) is 2.69. The van der Waals surface area contributed by atoms with Gasteiger partial charge < -0.3 is 24.0 Å². The van der Waals surface area contributed by atoms with Crippen molar-refractivity contribution in [2.45, 2.75) is 45.6 Å². The van der Waals surface area contributed by atoms with Crippen LogP contribution in [-0.4, -0.2) is 74.4 Å². The van der Waals surface area contributed by atoms with Crippen molar-refractivity contribution in [1.29, 1.82) is 0 Å². The zero-order valence-corrected chi connectivity index (χ0v) is 20.4. The first-order chi connectivity index (χ1) is 14.7. The summed E-state index contributed by atoms with van der Waals surface area (Å²) < 4.78 is 15.2. The normalized spacial score (nSPS) is 16.2. The molecule has 1 aromatic carbocycles. The number of nitrogens with zero attached hydrogens (tertiary/aromatic N) is 2. The van der Waals surface area contributed by atoms with Gasteiger partial charge >= 0.3 is 6.09 Å². The summed E-state index contributed by atoms with van der Waals surface area (Å²) in [4.78, 5) is 25.1. The molecule has 0 N–H and O–H groups in total. The molecule has 0 saturated carbocycles. The lowest BCUT2D eigenvalue weighted by Crippen LogP contribution is -2.39. The molecule has 0 spiro atoms. The molecule has 2 amide bonds. The third-order valence-corrected chi connectivity index (χ3v) is 5.07. The van der Waals surface area contributed by atoms with Crippen LogP contribution in [0.3, 0.4) is 0 Å². The number of piperidine rings is 1. The average Bonchev–Trinajstić information content (AvgIpc) is 2.76. The maximum Gasteiger partial charge on any atom is 0.410 e. The van der Waals surface area contributed by atoms with Crippen molar-refractivity contribution >= 4 is 35.7 Å². The smallest absolute Gasteiger partial charge is 0.410 e. The van der Waals surface area contributed by atoms with Crippen LogP contribution in [-0.2, 0) is 14.3 Å². The van der Waals surface area contributed by atoms with Gasteiger partial charge in [0.2, 0.25) is 6.41 Å². The fourth-order valence-corrected chi connectivity index (χ4v) is 2.98. The molecule has 3 rings (SSSR count). The molecule has 0 atom stereocenters. The van der Waals surface area contributed by atoms with Crippen molar-refractivity contribution in [3.63, 3.8) is 0 Å². The number of halogens is 2. The van der Waals surface area contributed by atoms with Crippen molar-refractivity contribution in [3.05, 3.63) is 28.2 Å². The Bertz CT molecular complexity index is 670. The number of morpholine rings is 1. The van der Waals surface area contributed by atoms with E-state index in [9.17, 15) is 9.59 Å². The number of likely N-dealkylation sites (tertiary alicyclic amines) is 1. The van der Waals surface area contributed by atoms with Crippen molar-refractivity contribution in [2.24, 2.45) is 0 Å². The molecule has 2 fully saturated rings. The van der Waals surface area contributed by atoms with Crippen LogP contribution in [0.2, 0.25) is 10.0 Å². The molecular formula is C22H34Cl2N2O5.